The number of hydrogen-bond donors (Lipinski definition) is 0. The molecule has 7 nitrogen and oxygen atoms in total. The second-order valence-electron chi connectivity index (χ2n) is 6.55. The smallest absolute Gasteiger partial charge is 0.158 e. The van der Waals surface area contributed by atoms with Crippen LogP contribution < -0.4 is 0 Å². The number of nitrogens with zero attached hydrogens (tertiary/aromatic N) is 4. The van der Waals surface area contributed by atoms with Crippen molar-refractivity contribution in [2.75, 3.05) is 26.4 Å². The second kappa shape index (κ2) is 8.03. The lowest BCUT2D eigenvalue weighted by Gasteiger charge is -2.18. The molecule has 25 heavy (non-hydrogen) atoms. The molecule has 0 aromatic carbocycles. The number of aromatic nitrogens is 4. The van der Waals surface area contributed by atoms with Crippen molar-refractivity contribution in [1.82, 2.24) is 19.7 Å². The van der Waals surface area contributed by atoms with Crippen LogP contribution in [-0.2, 0) is 20.8 Å². The Balaban J connectivity index is 1.51. The van der Waals surface area contributed by atoms with E-state index in [2.05, 4.69) is 4.98 Å². The van der Waals surface area contributed by atoms with Gasteiger partial charge in [-0.15, -0.1) is 0 Å². The molecule has 2 saturated heterocycles. The van der Waals surface area contributed by atoms with Gasteiger partial charge >= 0.3 is 0 Å². The van der Waals surface area contributed by atoms with E-state index in [4.69, 9.17) is 24.3 Å². The Morgan fingerprint density at radius 1 is 1.20 bits per heavy atom. The fourth-order valence-electron chi connectivity index (χ4n) is 3.33. The predicted molar refractivity (Wildman–Crippen MR) is 90.6 cm³/mol. The quantitative estimate of drug-likeness (QED) is 0.800. The van der Waals surface area contributed by atoms with E-state index in [0.717, 1.165) is 62.8 Å². The third kappa shape index (κ3) is 4.05. The fourth-order valence-corrected chi connectivity index (χ4v) is 3.33. The Bertz CT molecular complexity index is 664. The maximum atomic E-state index is 5.87. The van der Waals surface area contributed by atoms with Crippen LogP contribution in [0, 0.1) is 0 Å². The van der Waals surface area contributed by atoms with Crippen molar-refractivity contribution < 1.29 is 14.2 Å². The van der Waals surface area contributed by atoms with Crippen molar-refractivity contribution in [1.29, 1.82) is 0 Å². The zero-order valence-corrected chi connectivity index (χ0v) is 14.3. The first-order valence-electron chi connectivity index (χ1n) is 9.03. The third-order valence-corrected chi connectivity index (χ3v) is 4.73. The molecule has 0 amide bonds. The molecule has 2 aliphatic rings. The van der Waals surface area contributed by atoms with E-state index in [-0.39, 0.29) is 6.10 Å². The summed E-state index contributed by atoms with van der Waals surface area (Å²) in [6.07, 6.45) is 7.89. The van der Waals surface area contributed by atoms with Crippen LogP contribution in [0.1, 0.15) is 43.3 Å². The topological polar surface area (TPSA) is 71.3 Å². The summed E-state index contributed by atoms with van der Waals surface area (Å²) in [7, 11) is 0. The van der Waals surface area contributed by atoms with E-state index in [0.29, 0.717) is 19.1 Å². The number of ether oxygens (including phenoxy) is 3. The molecule has 0 aliphatic carbocycles. The van der Waals surface area contributed by atoms with Crippen LogP contribution in [0.15, 0.2) is 24.5 Å². The molecule has 0 bridgehead atoms. The first-order valence-corrected chi connectivity index (χ1v) is 9.03. The maximum absolute atomic E-state index is 5.87. The molecule has 0 radical (unpaired) electrons. The van der Waals surface area contributed by atoms with Gasteiger partial charge in [0.25, 0.3) is 0 Å². The van der Waals surface area contributed by atoms with Gasteiger partial charge in [-0.05, 0) is 37.8 Å². The largest absolute Gasteiger partial charge is 0.381 e. The highest BCUT2D eigenvalue weighted by Gasteiger charge is 2.23. The molecule has 2 fully saturated rings. The molecule has 2 aromatic heterocycles. The first-order chi connectivity index (χ1) is 12.4. The number of pyridine rings is 1. The van der Waals surface area contributed by atoms with Crippen molar-refractivity contribution in [3.8, 4) is 5.69 Å². The van der Waals surface area contributed by atoms with E-state index in [1.165, 1.54) is 0 Å². The molecule has 134 valence electrons. The average molecular weight is 344 g/mol. The third-order valence-electron chi connectivity index (χ3n) is 4.73. The Morgan fingerprint density at radius 3 is 2.88 bits per heavy atom. The Morgan fingerprint density at radius 2 is 2.12 bits per heavy atom. The van der Waals surface area contributed by atoms with Crippen LogP contribution in [0.2, 0.25) is 0 Å². The number of rotatable bonds is 6. The van der Waals surface area contributed by atoms with Gasteiger partial charge in [0, 0.05) is 31.9 Å². The lowest BCUT2D eigenvalue weighted by molar-refractivity contribution is 0.00814. The average Bonchev–Trinajstić information content (AvgIpc) is 3.33. The lowest BCUT2D eigenvalue weighted by atomic mass is 10.00. The van der Waals surface area contributed by atoms with Crippen LogP contribution in [-0.4, -0.2) is 52.3 Å². The van der Waals surface area contributed by atoms with Crippen molar-refractivity contribution in [2.45, 2.75) is 44.3 Å². The summed E-state index contributed by atoms with van der Waals surface area (Å²) in [5, 5.41) is 4.75. The highest BCUT2D eigenvalue weighted by atomic mass is 16.5. The van der Waals surface area contributed by atoms with Gasteiger partial charge in [0.15, 0.2) is 11.6 Å². The summed E-state index contributed by atoms with van der Waals surface area (Å²) < 4.78 is 18.8. The van der Waals surface area contributed by atoms with Crippen molar-refractivity contribution in [2.24, 2.45) is 0 Å². The molecular formula is C18H24N4O3. The van der Waals surface area contributed by atoms with Gasteiger partial charge in [0.2, 0.25) is 0 Å². The minimum Gasteiger partial charge on any atom is -0.381 e. The Hall–Kier alpha value is -1.83. The van der Waals surface area contributed by atoms with Crippen LogP contribution in [0.5, 0.6) is 0 Å². The van der Waals surface area contributed by atoms with Crippen LogP contribution in [0.4, 0.5) is 0 Å². The van der Waals surface area contributed by atoms with Crippen molar-refractivity contribution in [3.63, 3.8) is 0 Å². The number of hydrogen-bond acceptors (Lipinski definition) is 6. The Labute approximate surface area is 147 Å². The van der Waals surface area contributed by atoms with Crippen LogP contribution >= 0.6 is 0 Å². The molecule has 4 rings (SSSR count). The van der Waals surface area contributed by atoms with E-state index in [9.17, 15) is 0 Å². The molecule has 0 saturated carbocycles. The Kier molecular flexibility index (Phi) is 5.34. The molecule has 0 unspecified atom stereocenters. The van der Waals surface area contributed by atoms with Gasteiger partial charge < -0.3 is 14.2 Å². The molecule has 2 aromatic rings. The SMILES string of the molecule is c1cncc(-n2nc(C3CCOCC3)nc2COC[C@@H]2CCCO2)c1. The monoisotopic (exact) mass is 344 g/mol. The predicted octanol–water partition coefficient (Wildman–Crippen LogP) is 2.25. The summed E-state index contributed by atoms with van der Waals surface area (Å²) in [6.45, 7) is 3.42. The van der Waals surface area contributed by atoms with Crippen LogP contribution in [0.3, 0.4) is 0 Å². The zero-order valence-electron chi connectivity index (χ0n) is 14.3. The second-order valence-corrected chi connectivity index (χ2v) is 6.55. The summed E-state index contributed by atoms with van der Waals surface area (Å²) in [5.74, 6) is 2.04. The highest BCUT2D eigenvalue weighted by molar-refractivity contribution is 5.28. The first kappa shape index (κ1) is 16.6. The van der Waals surface area contributed by atoms with Crippen molar-refractivity contribution in [3.05, 3.63) is 36.2 Å². The minimum atomic E-state index is 0.213. The normalized spacial score (nSPS) is 21.7. The van der Waals surface area contributed by atoms with Gasteiger partial charge in [-0.2, -0.15) is 5.10 Å². The van der Waals surface area contributed by atoms with E-state index >= 15 is 0 Å². The molecule has 4 heterocycles. The molecule has 0 N–H and O–H groups in total. The van der Waals surface area contributed by atoms with E-state index in [1.807, 2.05) is 16.8 Å². The van der Waals surface area contributed by atoms with Gasteiger partial charge in [-0.25, -0.2) is 9.67 Å². The molecule has 1 atom stereocenters. The molecule has 7 heteroatoms. The summed E-state index contributed by atoms with van der Waals surface area (Å²) in [5.41, 5.74) is 0.907. The van der Waals surface area contributed by atoms with Gasteiger partial charge in [0.05, 0.1) is 24.6 Å². The van der Waals surface area contributed by atoms with Crippen LogP contribution in [0.25, 0.3) is 5.69 Å². The van der Waals surface area contributed by atoms with Gasteiger partial charge in [0.1, 0.15) is 6.61 Å². The zero-order chi connectivity index (χ0) is 16.9. The maximum Gasteiger partial charge on any atom is 0.158 e. The summed E-state index contributed by atoms with van der Waals surface area (Å²) in [6, 6.07) is 3.89. The van der Waals surface area contributed by atoms with Gasteiger partial charge in [-0.3, -0.25) is 4.98 Å². The summed E-state index contributed by atoms with van der Waals surface area (Å²) >= 11 is 0. The molecule has 0 spiro atoms. The molecule has 2 aliphatic heterocycles. The van der Waals surface area contributed by atoms with E-state index < -0.39 is 0 Å². The lowest BCUT2D eigenvalue weighted by Crippen LogP contribution is -2.15. The molecular weight excluding hydrogens is 320 g/mol. The minimum absolute atomic E-state index is 0.213. The standard InChI is InChI=1S/C18H24N4O3/c1-3-15(11-19-7-1)22-17(13-24-12-16-4-2-8-25-16)20-18(21-22)14-5-9-23-10-6-14/h1,3,7,11,14,16H,2,4-6,8-10,12-13H2/t16-/m0/s1. The highest BCUT2D eigenvalue weighted by Crippen LogP contribution is 2.25. The summed E-state index contributed by atoms with van der Waals surface area (Å²) in [4.78, 5) is 8.97. The van der Waals surface area contributed by atoms with Gasteiger partial charge in [-0.1, -0.05) is 0 Å². The fraction of sp³-hybridized carbons (Fsp3) is 0.611. The van der Waals surface area contributed by atoms with Crippen molar-refractivity contribution >= 4 is 0 Å². The van der Waals surface area contributed by atoms with E-state index in [1.54, 1.807) is 12.4 Å².